The summed E-state index contributed by atoms with van der Waals surface area (Å²) in [4.78, 5) is 30.5. The molecule has 122 valence electrons. The predicted molar refractivity (Wildman–Crippen MR) is 90.8 cm³/mol. The van der Waals surface area contributed by atoms with Crippen molar-refractivity contribution in [2.75, 3.05) is 6.54 Å². The highest BCUT2D eigenvalue weighted by Gasteiger charge is 2.30. The van der Waals surface area contributed by atoms with Gasteiger partial charge in [0.25, 0.3) is 11.6 Å². The van der Waals surface area contributed by atoms with Gasteiger partial charge in [-0.15, -0.1) is 4.98 Å². The van der Waals surface area contributed by atoms with E-state index in [0.717, 1.165) is 33.8 Å². The van der Waals surface area contributed by atoms with Crippen LogP contribution in [0.3, 0.4) is 0 Å². The van der Waals surface area contributed by atoms with Gasteiger partial charge in [-0.3, -0.25) is 4.79 Å². The van der Waals surface area contributed by atoms with E-state index in [2.05, 4.69) is 42.4 Å². The van der Waals surface area contributed by atoms with Gasteiger partial charge in [0.05, 0.1) is 11.3 Å². The lowest BCUT2D eigenvalue weighted by Crippen LogP contribution is -2.35. The Balaban J connectivity index is 1.68. The number of nitrogens with one attached hydrogen (secondary N) is 4. The van der Waals surface area contributed by atoms with E-state index in [4.69, 9.17) is 0 Å². The van der Waals surface area contributed by atoms with Crippen LogP contribution in [-0.4, -0.2) is 32.4 Å². The smallest absolute Gasteiger partial charge is 0.289 e. The molecule has 0 spiro atoms. The van der Waals surface area contributed by atoms with Crippen LogP contribution >= 0.6 is 0 Å². The standard InChI is InChI=1S/C18H14N6O/c25-18-11-6-13(15-16-17(22-8-20-15)23-9-21-16)24-14(11)12(7-19-18)10-4-2-1-3-5-10/h1-6,8-9,12,24H,7H2,(H,19,25)(H,20,21,22,23)/p+1. The second kappa shape index (κ2) is 5.27. The van der Waals surface area contributed by atoms with Gasteiger partial charge in [0.2, 0.25) is 6.33 Å². The van der Waals surface area contributed by atoms with Gasteiger partial charge in [0.15, 0.2) is 17.5 Å². The maximum absolute atomic E-state index is 12.3. The second-order valence-electron chi connectivity index (χ2n) is 6.06. The fourth-order valence-corrected chi connectivity index (χ4v) is 3.43. The molecule has 0 radical (unpaired) electrons. The Morgan fingerprint density at radius 3 is 2.92 bits per heavy atom. The number of nitrogens with zero attached hydrogens (tertiary/aromatic N) is 2. The number of hydrogen-bond acceptors (Lipinski definition) is 3. The fourth-order valence-electron chi connectivity index (χ4n) is 3.43. The van der Waals surface area contributed by atoms with Crippen LogP contribution in [0.4, 0.5) is 0 Å². The molecule has 3 aromatic heterocycles. The van der Waals surface area contributed by atoms with E-state index >= 15 is 0 Å². The molecular formula is C18H15N6O+. The molecule has 5 rings (SSSR count). The minimum atomic E-state index is -0.0620. The first kappa shape index (κ1) is 13.9. The maximum atomic E-state index is 12.3. The first-order chi connectivity index (χ1) is 12.3. The number of benzene rings is 1. The van der Waals surface area contributed by atoms with Crippen LogP contribution in [0.2, 0.25) is 0 Å². The van der Waals surface area contributed by atoms with E-state index < -0.39 is 0 Å². The van der Waals surface area contributed by atoms with Crippen molar-refractivity contribution >= 4 is 17.1 Å². The molecular weight excluding hydrogens is 316 g/mol. The molecule has 7 heteroatoms. The number of H-pyrrole nitrogens is 3. The Hall–Kier alpha value is -3.48. The molecule has 25 heavy (non-hydrogen) atoms. The maximum Gasteiger partial charge on any atom is 0.289 e. The molecule has 7 nitrogen and oxygen atoms in total. The Labute approximate surface area is 142 Å². The number of carbonyl (C=O) groups is 1. The Bertz CT molecular complexity index is 1080. The molecule has 1 aliphatic heterocycles. The molecule has 4 N–H and O–H groups in total. The summed E-state index contributed by atoms with van der Waals surface area (Å²) in [5, 5.41) is 2.98. The summed E-state index contributed by atoms with van der Waals surface area (Å²) in [7, 11) is 0. The van der Waals surface area contributed by atoms with Gasteiger partial charge < -0.3 is 15.3 Å². The summed E-state index contributed by atoms with van der Waals surface area (Å²) < 4.78 is 0. The molecule has 0 aliphatic carbocycles. The third-order valence-corrected chi connectivity index (χ3v) is 4.64. The molecule has 1 aliphatic rings. The summed E-state index contributed by atoms with van der Waals surface area (Å²) in [6, 6.07) is 12.0. The highest BCUT2D eigenvalue weighted by molar-refractivity contribution is 5.99. The van der Waals surface area contributed by atoms with Crippen LogP contribution in [0.1, 0.15) is 27.5 Å². The predicted octanol–water partition coefficient (Wildman–Crippen LogP) is 1.64. The van der Waals surface area contributed by atoms with Crippen LogP contribution in [0, 0.1) is 0 Å². The normalized spacial score (nSPS) is 16.6. The largest absolute Gasteiger partial charge is 0.355 e. The monoisotopic (exact) mass is 331 g/mol. The van der Waals surface area contributed by atoms with Gasteiger partial charge in [0, 0.05) is 18.2 Å². The van der Waals surface area contributed by atoms with Gasteiger partial charge >= 0.3 is 0 Å². The minimum absolute atomic E-state index is 0.0620. The van der Waals surface area contributed by atoms with Crippen LogP contribution in [-0.2, 0) is 0 Å². The van der Waals surface area contributed by atoms with E-state index in [9.17, 15) is 4.79 Å². The van der Waals surface area contributed by atoms with Gasteiger partial charge in [-0.1, -0.05) is 35.3 Å². The summed E-state index contributed by atoms with van der Waals surface area (Å²) >= 11 is 0. The van der Waals surface area contributed by atoms with E-state index in [1.165, 1.54) is 0 Å². The van der Waals surface area contributed by atoms with Crippen LogP contribution < -0.4 is 10.3 Å². The minimum Gasteiger partial charge on any atom is -0.355 e. The fraction of sp³-hybridized carbons (Fsp3) is 0.111. The average Bonchev–Trinajstić information content (AvgIpc) is 3.30. The number of imidazole rings is 1. The molecule has 0 saturated carbocycles. The molecule has 0 saturated heterocycles. The third-order valence-electron chi connectivity index (χ3n) is 4.64. The first-order valence-corrected chi connectivity index (χ1v) is 8.07. The third kappa shape index (κ3) is 2.13. The van der Waals surface area contributed by atoms with E-state index in [0.29, 0.717) is 12.1 Å². The van der Waals surface area contributed by atoms with Crippen molar-refractivity contribution in [3.8, 4) is 11.4 Å². The average molecular weight is 331 g/mol. The summed E-state index contributed by atoms with van der Waals surface area (Å²) in [6.07, 6.45) is 3.22. The topological polar surface area (TPSA) is 101 Å². The Morgan fingerprint density at radius 1 is 1.16 bits per heavy atom. The van der Waals surface area contributed by atoms with Gasteiger partial charge in [-0.2, -0.15) is 0 Å². The van der Waals surface area contributed by atoms with Crippen molar-refractivity contribution in [2.45, 2.75) is 5.92 Å². The lowest BCUT2D eigenvalue weighted by Gasteiger charge is -2.23. The number of fused-ring (bicyclic) bond motifs is 2. The lowest BCUT2D eigenvalue weighted by atomic mass is 9.90. The summed E-state index contributed by atoms with van der Waals surface area (Å²) in [5.74, 6) is 0.0308. The first-order valence-electron chi connectivity index (χ1n) is 8.07. The SMILES string of the molecule is O=C1NCC(c2ccccc2)c2[nH]c(-c3nc[nH+]c4nc[nH]c34)cc21. The van der Waals surface area contributed by atoms with Crippen molar-refractivity contribution in [1.82, 2.24) is 25.3 Å². The number of aromatic nitrogens is 5. The summed E-state index contributed by atoms with van der Waals surface area (Å²) in [5.41, 5.74) is 5.81. The Morgan fingerprint density at radius 2 is 2.04 bits per heavy atom. The van der Waals surface area contributed by atoms with Crippen molar-refractivity contribution < 1.29 is 9.78 Å². The molecule has 4 heterocycles. The van der Waals surface area contributed by atoms with Crippen LogP contribution in [0.15, 0.2) is 49.1 Å². The van der Waals surface area contributed by atoms with Gasteiger partial charge in [-0.05, 0) is 11.6 Å². The number of carbonyl (C=O) groups excluding carboxylic acids is 1. The van der Waals surface area contributed by atoms with Crippen molar-refractivity contribution in [3.05, 3.63) is 65.9 Å². The zero-order chi connectivity index (χ0) is 16.8. The molecule has 4 aromatic rings. The summed E-state index contributed by atoms with van der Waals surface area (Å²) in [6.45, 7) is 0.575. The number of rotatable bonds is 2. The highest BCUT2D eigenvalue weighted by Crippen LogP contribution is 2.33. The van der Waals surface area contributed by atoms with E-state index in [1.54, 1.807) is 12.7 Å². The molecule has 1 unspecified atom stereocenters. The van der Waals surface area contributed by atoms with Gasteiger partial charge in [0.1, 0.15) is 0 Å². The molecule has 1 aromatic carbocycles. The second-order valence-corrected chi connectivity index (χ2v) is 6.06. The quantitative estimate of drug-likeness (QED) is 0.520. The molecule has 1 amide bonds. The van der Waals surface area contributed by atoms with Crippen LogP contribution in [0.25, 0.3) is 22.6 Å². The van der Waals surface area contributed by atoms with Crippen LogP contribution in [0.5, 0.6) is 0 Å². The van der Waals surface area contributed by atoms with Gasteiger partial charge in [-0.25, -0.2) is 4.98 Å². The zero-order valence-corrected chi connectivity index (χ0v) is 13.2. The van der Waals surface area contributed by atoms with Crippen molar-refractivity contribution in [3.63, 3.8) is 0 Å². The molecule has 0 bridgehead atoms. The number of aromatic amines is 3. The highest BCUT2D eigenvalue weighted by atomic mass is 16.1. The lowest BCUT2D eigenvalue weighted by molar-refractivity contribution is -0.352. The molecule has 1 atom stereocenters. The number of amides is 1. The van der Waals surface area contributed by atoms with Crippen molar-refractivity contribution in [1.29, 1.82) is 0 Å². The number of hydrogen-bond donors (Lipinski definition) is 3. The van der Waals surface area contributed by atoms with E-state index in [-0.39, 0.29) is 11.8 Å². The Kier molecular flexibility index (Phi) is 2.93. The van der Waals surface area contributed by atoms with E-state index in [1.807, 2.05) is 24.3 Å². The zero-order valence-electron chi connectivity index (χ0n) is 13.2. The molecule has 0 fully saturated rings. The van der Waals surface area contributed by atoms with Crippen molar-refractivity contribution in [2.24, 2.45) is 0 Å².